The lowest BCUT2D eigenvalue weighted by molar-refractivity contribution is -0.122. The van der Waals surface area contributed by atoms with Gasteiger partial charge in [-0.25, -0.2) is 0 Å². The Morgan fingerprint density at radius 1 is 1.40 bits per heavy atom. The van der Waals surface area contributed by atoms with E-state index in [1.165, 1.54) is 13.0 Å². The Hall–Kier alpha value is -0.570. The molecule has 0 radical (unpaired) electrons. The highest BCUT2D eigenvalue weighted by Crippen LogP contribution is 2.31. The van der Waals surface area contributed by atoms with Crippen LogP contribution in [0.2, 0.25) is 0 Å². The average Bonchev–Trinajstić information content (AvgIpc) is 2.63. The van der Waals surface area contributed by atoms with Crippen molar-refractivity contribution in [2.75, 3.05) is 13.1 Å². The van der Waals surface area contributed by atoms with Crippen LogP contribution in [0.5, 0.6) is 0 Å². The summed E-state index contributed by atoms with van der Waals surface area (Å²) in [6, 6.07) is 0.801. The number of hydrogen-bond acceptors (Lipinski definition) is 2. The summed E-state index contributed by atoms with van der Waals surface area (Å²) in [5.74, 6) is 0.0177. The van der Waals surface area contributed by atoms with Crippen LogP contribution in [0.3, 0.4) is 0 Å². The number of hydrogen-bond donors (Lipinski definition) is 1. The Morgan fingerprint density at radius 3 is 2.80 bits per heavy atom. The first-order valence-corrected chi connectivity index (χ1v) is 3.81. The van der Waals surface area contributed by atoms with Gasteiger partial charge in [-0.1, -0.05) is 0 Å². The first-order chi connectivity index (χ1) is 4.77. The second-order valence-corrected chi connectivity index (χ2v) is 3.28. The molecule has 2 fully saturated rings. The highest BCUT2D eigenvalue weighted by Gasteiger charge is 2.40. The van der Waals surface area contributed by atoms with Crippen molar-refractivity contribution < 1.29 is 4.79 Å². The van der Waals surface area contributed by atoms with Gasteiger partial charge in [-0.2, -0.15) is 0 Å². The lowest BCUT2D eigenvalue weighted by Crippen LogP contribution is -2.32. The van der Waals surface area contributed by atoms with Crippen molar-refractivity contribution in [2.24, 2.45) is 11.7 Å². The third-order valence-electron chi connectivity index (χ3n) is 2.53. The number of carbonyl (C=O) groups excluding carboxylic acids is 1. The van der Waals surface area contributed by atoms with Gasteiger partial charge < -0.3 is 5.73 Å². The molecule has 0 saturated carbocycles. The fourth-order valence-corrected chi connectivity index (χ4v) is 1.72. The maximum Gasteiger partial charge on any atom is 0.221 e. The van der Waals surface area contributed by atoms with Crippen LogP contribution in [-0.2, 0) is 4.79 Å². The van der Waals surface area contributed by atoms with Crippen LogP contribution < -0.4 is 5.73 Å². The number of primary amides is 1. The zero-order chi connectivity index (χ0) is 7.14. The maximum absolute atomic E-state index is 10.7. The second kappa shape index (κ2) is 1.95. The van der Waals surface area contributed by atoms with E-state index in [9.17, 15) is 4.79 Å². The van der Waals surface area contributed by atoms with E-state index in [1.54, 1.807) is 0 Å². The number of fused-ring (bicyclic) bond motifs is 1. The molecular weight excluding hydrogens is 128 g/mol. The molecule has 2 aliphatic heterocycles. The number of nitrogens with zero attached hydrogens (tertiary/aromatic N) is 1. The van der Waals surface area contributed by atoms with Gasteiger partial charge in [0.1, 0.15) is 0 Å². The highest BCUT2D eigenvalue weighted by atomic mass is 16.1. The van der Waals surface area contributed by atoms with E-state index in [0.29, 0.717) is 0 Å². The summed E-state index contributed by atoms with van der Waals surface area (Å²) in [4.78, 5) is 13.0. The molecule has 3 heteroatoms. The molecule has 2 saturated heterocycles. The van der Waals surface area contributed by atoms with Gasteiger partial charge in [0, 0.05) is 19.1 Å². The van der Waals surface area contributed by atoms with Gasteiger partial charge in [0.2, 0.25) is 5.91 Å². The van der Waals surface area contributed by atoms with E-state index in [0.717, 1.165) is 19.0 Å². The van der Waals surface area contributed by atoms with Crippen LogP contribution in [0.1, 0.15) is 12.8 Å². The largest absolute Gasteiger partial charge is 0.369 e. The van der Waals surface area contributed by atoms with Crippen LogP contribution in [0.25, 0.3) is 0 Å². The zero-order valence-electron chi connectivity index (χ0n) is 5.92. The number of amides is 1. The SMILES string of the molecule is NC(=O)C1CCC2CN2C1. The quantitative estimate of drug-likeness (QED) is 0.502. The Kier molecular flexibility index (Phi) is 1.20. The van der Waals surface area contributed by atoms with Crippen molar-refractivity contribution in [3.05, 3.63) is 0 Å². The molecule has 2 aliphatic rings. The standard InChI is InChI=1S/C7H12N2O/c8-7(10)5-1-2-6-4-9(6)3-5/h5-6H,1-4H2,(H2,8,10). The van der Waals surface area contributed by atoms with E-state index in [1.807, 2.05) is 0 Å². The molecule has 3 atom stereocenters. The average molecular weight is 140 g/mol. The Labute approximate surface area is 60.2 Å². The zero-order valence-corrected chi connectivity index (χ0v) is 5.92. The Bertz CT molecular complexity index is 169. The van der Waals surface area contributed by atoms with Crippen LogP contribution in [-0.4, -0.2) is 29.9 Å². The molecule has 0 aromatic heterocycles. The first-order valence-electron chi connectivity index (χ1n) is 3.81. The van der Waals surface area contributed by atoms with E-state index in [2.05, 4.69) is 4.90 Å². The summed E-state index contributed by atoms with van der Waals surface area (Å²) < 4.78 is 0. The molecule has 3 nitrogen and oxygen atoms in total. The summed E-state index contributed by atoms with van der Waals surface area (Å²) in [7, 11) is 0. The van der Waals surface area contributed by atoms with Gasteiger partial charge in [0.15, 0.2) is 0 Å². The number of nitrogens with two attached hydrogens (primary N) is 1. The molecular formula is C7H12N2O. The summed E-state index contributed by atoms with van der Waals surface area (Å²) in [6.07, 6.45) is 2.18. The van der Waals surface area contributed by atoms with Crippen molar-refractivity contribution in [2.45, 2.75) is 18.9 Å². The predicted octanol–water partition coefficient (Wildman–Crippen LogP) is -0.434. The minimum atomic E-state index is -0.120. The molecule has 0 spiro atoms. The minimum absolute atomic E-state index is 0.120. The van der Waals surface area contributed by atoms with Crippen molar-refractivity contribution in [3.8, 4) is 0 Å². The maximum atomic E-state index is 10.7. The van der Waals surface area contributed by atoms with Gasteiger partial charge in [-0.15, -0.1) is 0 Å². The molecule has 2 rings (SSSR count). The molecule has 0 bridgehead atoms. The fourth-order valence-electron chi connectivity index (χ4n) is 1.72. The highest BCUT2D eigenvalue weighted by molar-refractivity contribution is 5.77. The molecule has 3 unspecified atom stereocenters. The Balaban J connectivity index is 1.94. The molecule has 56 valence electrons. The summed E-state index contributed by atoms with van der Waals surface area (Å²) in [5, 5.41) is 0. The number of piperidine rings is 1. The molecule has 2 heterocycles. The monoisotopic (exact) mass is 140 g/mol. The van der Waals surface area contributed by atoms with Gasteiger partial charge >= 0.3 is 0 Å². The van der Waals surface area contributed by atoms with Gasteiger partial charge in [0.25, 0.3) is 0 Å². The first kappa shape index (κ1) is 6.16. The van der Waals surface area contributed by atoms with Crippen molar-refractivity contribution >= 4 is 5.91 Å². The van der Waals surface area contributed by atoms with Gasteiger partial charge in [-0.05, 0) is 12.8 Å². The van der Waals surface area contributed by atoms with Crippen LogP contribution in [0, 0.1) is 5.92 Å². The van der Waals surface area contributed by atoms with E-state index < -0.39 is 0 Å². The summed E-state index contributed by atoms with van der Waals surface area (Å²) >= 11 is 0. The third kappa shape index (κ3) is 0.904. The van der Waals surface area contributed by atoms with Crippen LogP contribution in [0.4, 0.5) is 0 Å². The van der Waals surface area contributed by atoms with Gasteiger partial charge in [-0.3, -0.25) is 9.69 Å². The summed E-state index contributed by atoms with van der Waals surface area (Å²) in [5.41, 5.74) is 5.18. The smallest absolute Gasteiger partial charge is 0.221 e. The molecule has 0 aromatic carbocycles. The van der Waals surface area contributed by atoms with Crippen LogP contribution >= 0.6 is 0 Å². The van der Waals surface area contributed by atoms with Crippen molar-refractivity contribution in [1.29, 1.82) is 0 Å². The normalized spacial score (nSPS) is 44.2. The molecule has 0 aromatic rings. The number of carbonyl (C=O) groups is 1. The topological polar surface area (TPSA) is 46.1 Å². The van der Waals surface area contributed by atoms with Crippen LogP contribution in [0.15, 0.2) is 0 Å². The molecule has 10 heavy (non-hydrogen) atoms. The lowest BCUT2D eigenvalue weighted by Gasteiger charge is -2.18. The fraction of sp³-hybridized carbons (Fsp3) is 0.857. The second-order valence-electron chi connectivity index (χ2n) is 3.28. The predicted molar refractivity (Wildman–Crippen MR) is 37.3 cm³/mol. The third-order valence-corrected chi connectivity index (χ3v) is 2.53. The van der Waals surface area contributed by atoms with E-state index in [4.69, 9.17) is 5.73 Å². The lowest BCUT2D eigenvalue weighted by atomic mass is 9.99. The molecule has 0 aliphatic carbocycles. The van der Waals surface area contributed by atoms with Crippen molar-refractivity contribution in [1.82, 2.24) is 4.90 Å². The van der Waals surface area contributed by atoms with E-state index >= 15 is 0 Å². The number of rotatable bonds is 1. The van der Waals surface area contributed by atoms with E-state index in [-0.39, 0.29) is 11.8 Å². The minimum Gasteiger partial charge on any atom is -0.369 e. The molecule has 1 amide bonds. The van der Waals surface area contributed by atoms with Gasteiger partial charge in [0.05, 0.1) is 5.92 Å². The van der Waals surface area contributed by atoms with Crippen molar-refractivity contribution in [3.63, 3.8) is 0 Å². The molecule has 2 N–H and O–H groups in total. The summed E-state index contributed by atoms with van der Waals surface area (Å²) in [6.45, 7) is 2.11. The Morgan fingerprint density at radius 2 is 2.20 bits per heavy atom.